The van der Waals surface area contributed by atoms with E-state index >= 15 is 0 Å². The Morgan fingerprint density at radius 2 is 1.81 bits per heavy atom. The van der Waals surface area contributed by atoms with E-state index in [1.807, 2.05) is 49.4 Å². The summed E-state index contributed by atoms with van der Waals surface area (Å²) in [6.45, 7) is 1.98. The van der Waals surface area contributed by atoms with Crippen molar-refractivity contribution in [3.05, 3.63) is 57.5 Å². The van der Waals surface area contributed by atoms with Crippen LogP contribution in [-0.2, 0) is 0 Å². The van der Waals surface area contributed by atoms with E-state index in [1.165, 1.54) is 0 Å². The minimum atomic E-state index is 0.678. The summed E-state index contributed by atoms with van der Waals surface area (Å²) in [5.74, 6) is 0.730. The van der Waals surface area contributed by atoms with Crippen LogP contribution in [0.1, 0.15) is 5.56 Å². The molecule has 21 heavy (non-hydrogen) atoms. The molecule has 106 valence electrons. The van der Waals surface area contributed by atoms with E-state index < -0.39 is 0 Å². The van der Waals surface area contributed by atoms with Crippen molar-refractivity contribution in [2.45, 2.75) is 6.92 Å². The van der Waals surface area contributed by atoms with Crippen molar-refractivity contribution in [2.75, 3.05) is 7.11 Å². The molecule has 0 radical (unpaired) electrons. The molecule has 3 rings (SSSR count). The first-order valence-corrected chi connectivity index (χ1v) is 7.68. The summed E-state index contributed by atoms with van der Waals surface area (Å²) in [5, 5.41) is 1.52. The lowest BCUT2D eigenvalue weighted by molar-refractivity contribution is 0.419. The van der Waals surface area contributed by atoms with E-state index in [4.69, 9.17) is 21.3 Å². The van der Waals surface area contributed by atoms with Crippen molar-refractivity contribution < 1.29 is 4.74 Å². The van der Waals surface area contributed by atoms with Gasteiger partial charge in [-0.2, -0.15) is 0 Å². The Morgan fingerprint density at radius 1 is 1.10 bits per heavy atom. The third kappa shape index (κ3) is 2.41. The maximum absolute atomic E-state index is 6.60. The van der Waals surface area contributed by atoms with Crippen molar-refractivity contribution in [3.63, 3.8) is 0 Å². The molecule has 0 aliphatic rings. The highest BCUT2D eigenvalue weighted by Gasteiger charge is 2.16. The van der Waals surface area contributed by atoms with Crippen molar-refractivity contribution >= 4 is 38.4 Å². The van der Waals surface area contributed by atoms with Crippen molar-refractivity contribution in [1.82, 2.24) is 4.98 Å². The first-order chi connectivity index (χ1) is 10.1. The second-order valence-electron chi connectivity index (χ2n) is 4.74. The highest BCUT2D eigenvalue weighted by atomic mass is 79.9. The summed E-state index contributed by atoms with van der Waals surface area (Å²) in [5.41, 5.74) is 3.70. The van der Waals surface area contributed by atoms with Gasteiger partial charge in [-0.1, -0.05) is 41.9 Å². The van der Waals surface area contributed by atoms with Crippen LogP contribution in [0.2, 0.25) is 5.02 Å². The second kappa shape index (κ2) is 5.66. The number of benzene rings is 2. The topological polar surface area (TPSA) is 22.1 Å². The lowest BCUT2D eigenvalue weighted by Crippen LogP contribution is -1.95. The molecule has 4 heteroatoms. The zero-order valence-electron chi connectivity index (χ0n) is 11.7. The van der Waals surface area contributed by atoms with Crippen molar-refractivity contribution in [1.29, 1.82) is 0 Å². The van der Waals surface area contributed by atoms with Gasteiger partial charge in [0.15, 0.2) is 0 Å². The van der Waals surface area contributed by atoms with E-state index in [-0.39, 0.29) is 0 Å². The van der Waals surface area contributed by atoms with Crippen LogP contribution in [0.5, 0.6) is 5.75 Å². The monoisotopic (exact) mass is 361 g/mol. The Labute approximate surface area is 136 Å². The molecule has 0 unspecified atom stereocenters. The van der Waals surface area contributed by atoms with Gasteiger partial charge in [-0.25, -0.2) is 4.98 Å². The van der Waals surface area contributed by atoms with E-state index in [0.29, 0.717) is 5.02 Å². The number of nitrogens with zero attached hydrogens (tertiary/aromatic N) is 1. The average Bonchev–Trinajstić information content (AvgIpc) is 2.52. The first-order valence-electron chi connectivity index (χ1n) is 6.51. The third-order valence-electron chi connectivity index (χ3n) is 3.49. The fraction of sp³-hybridized carbons (Fsp3) is 0.118. The number of hydrogen-bond donors (Lipinski definition) is 0. The standard InChI is InChI=1S/C17H13BrClNO/c1-10-15(19)14-13(21-2)9-8-12(18)17(14)20-16(10)11-6-4-3-5-7-11/h3-9H,1-2H3. The maximum Gasteiger partial charge on any atom is 0.129 e. The molecule has 1 aromatic heterocycles. The number of halogens is 2. The van der Waals surface area contributed by atoms with E-state index in [9.17, 15) is 0 Å². The quantitative estimate of drug-likeness (QED) is 0.589. The predicted molar refractivity (Wildman–Crippen MR) is 91.2 cm³/mol. The molecule has 1 heterocycles. The van der Waals surface area contributed by atoms with Crippen LogP contribution in [0.15, 0.2) is 46.9 Å². The molecule has 2 nitrogen and oxygen atoms in total. The van der Waals surface area contributed by atoms with Gasteiger partial charge in [0, 0.05) is 10.0 Å². The number of pyridine rings is 1. The van der Waals surface area contributed by atoms with Crippen LogP contribution in [-0.4, -0.2) is 12.1 Å². The van der Waals surface area contributed by atoms with Crippen LogP contribution in [0, 0.1) is 6.92 Å². The smallest absolute Gasteiger partial charge is 0.129 e. The predicted octanol–water partition coefficient (Wildman–Crippen LogP) is 5.63. The first kappa shape index (κ1) is 14.4. The molecule has 0 N–H and O–H groups in total. The van der Waals surface area contributed by atoms with Gasteiger partial charge in [0.1, 0.15) is 5.75 Å². The minimum absolute atomic E-state index is 0.678. The Bertz CT molecular complexity index is 818. The van der Waals surface area contributed by atoms with Crippen LogP contribution < -0.4 is 4.74 Å². The third-order valence-corrected chi connectivity index (χ3v) is 4.60. The van der Waals surface area contributed by atoms with Crippen LogP contribution >= 0.6 is 27.5 Å². The molecule has 0 spiro atoms. The fourth-order valence-electron chi connectivity index (χ4n) is 2.40. The Kier molecular flexibility index (Phi) is 3.87. The highest BCUT2D eigenvalue weighted by Crippen LogP contribution is 2.40. The average molecular weight is 363 g/mol. The van der Waals surface area contributed by atoms with Crippen LogP contribution in [0.3, 0.4) is 0 Å². The molecule has 0 amide bonds. The molecule has 3 aromatic rings. The summed E-state index contributed by atoms with van der Waals surface area (Å²) in [4.78, 5) is 4.80. The molecule has 0 saturated heterocycles. The number of aromatic nitrogens is 1. The number of rotatable bonds is 2. The van der Waals surface area contributed by atoms with Gasteiger partial charge in [-0.05, 0) is 40.5 Å². The summed E-state index contributed by atoms with van der Waals surface area (Å²) in [7, 11) is 1.64. The molecule has 0 fully saturated rings. The molecule has 0 atom stereocenters. The summed E-state index contributed by atoms with van der Waals surface area (Å²) >= 11 is 10.1. The van der Waals surface area contributed by atoms with Gasteiger partial charge >= 0.3 is 0 Å². The zero-order valence-corrected chi connectivity index (χ0v) is 14.0. The second-order valence-corrected chi connectivity index (χ2v) is 5.97. The largest absolute Gasteiger partial charge is 0.496 e. The fourth-order valence-corrected chi connectivity index (χ4v) is 3.09. The van der Waals surface area contributed by atoms with Crippen molar-refractivity contribution in [3.8, 4) is 17.0 Å². The molecule has 2 aromatic carbocycles. The van der Waals surface area contributed by atoms with E-state index in [0.717, 1.165) is 37.9 Å². The normalized spacial score (nSPS) is 10.9. The molecule has 0 aliphatic heterocycles. The van der Waals surface area contributed by atoms with Crippen LogP contribution in [0.25, 0.3) is 22.2 Å². The van der Waals surface area contributed by atoms with Gasteiger partial charge in [-0.15, -0.1) is 0 Å². The summed E-state index contributed by atoms with van der Waals surface area (Å²) in [6.07, 6.45) is 0. The van der Waals surface area contributed by atoms with E-state index in [1.54, 1.807) is 7.11 Å². The Morgan fingerprint density at radius 3 is 2.48 bits per heavy atom. The van der Waals surface area contributed by atoms with Gasteiger partial charge < -0.3 is 4.74 Å². The van der Waals surface area contributed by atoms with E-state index in [2.05, 4.69) is 15.9 Å². The Balaban J connectivity index is 2.41. The highest BCUT2D eigenvalue weighted by molar-refractivity contribution is 9.10. The molecule has 0 bridgehead atoms. The summed E-state index contributed by atoms with van der Waals surface area (Å²) in [6, 6.07) is 13.9. The lowest BCUT2D eigenvalue weighted by atomic mass is 10.0. The minimum Gasteiger partial charge on any atom is -0.496 e. The summed E-state index contributed by atoms with van der Waals surface area (Å²) < 4.78 is 6.32. The number of ether oxygens (including phenoxy) is 1. The van der Waals surface area contributed by atoms with Gasteiger partial charge in [0.05, 0.1) is 28.7 Å². The van der Waals surface area contributed by atoms with Gasteiger partial charge in [0.25, 0.3) is 0 Å². The van der Waals surface area contributed by atoms with Gasteiger partial charge in [0.2, 0.25) is 0 Å². The number of fused-ring (bicyclic) bond motifs is 1. The molecular weight excluding hydrogens is 350 g/mol. The zero-order chi connectivity index (χ0) is 15.0. The van der Waals surface area contributed by atoms with Crippen molar-refractivity contribution in [2.24, 2.45) is 0 Å². The lowest BCUT2D eigenvalue weighted by Gasteiger charge is -2.14. The Hall–Kier alpha value is -1.58. The number of hydrogen-bond acceptors (Lipinski definition) is 2. The van der Waals surface area contributed by atoms with Crippen LogP contribution in [0.4, 0.5) is 0 Å². The molecular formula is C17H13BrClNO. The van der Waals surface area contributed by atoms with Gasteiger partial charge in [-0.3, -0.25) is 0 Å². The number of methoxy groups -OCH3 is 1. The molecule has 0 saturated carbocycles. The molecule has 0 aliphatic carbocycles. The SMILES string of the molecule is COc1ccc(Br)c2nc(-c3ccccc3)c(C)c(Cl)c12. The maximum atomic E-state index is 6.60.